The van der Waals surface area contributed by atoms with Crippen molar-refractivity contribution in [1.82, 2.24) is 25.5 Å². The Morgan fingerprint density at radius 2 is 1.96 bits per heavy atom. The summed E-state index contributed by atoms with van der Waals surface area (Å²) in [6.45, 7) is 8.08. The van der Waals surface area contributed by atoms with Crippen LogP contribution in [0.1, 0.15) is 59.2 Å². The van der Waals surface area contributed by atoms with Crippen LogP contribution in [0.4, 0.5) is 4.79 Å². The van der Waals surface area contributed by atoms with Gasteiger partial charge in [0.2, 0.25) is 11.1 Å². The van der Waals surface area contributed by atoms with Gasteiger partial charge in [-0.2, -0.15) is 0 Å². The maximum absolute atomic E-state index is 12.0. The average Bonchev–Trinajstić information content (AvgIpc) is 2.88. The van der Waals surface area contributed by atoms with Crippen LogP contribution in [0, 0.1) is 5.92 Å². The molecule has 1 saturated carbocycles. The van der Waals surface area contributed by atoms with Gasteiger partial charge in [0.15, 0.2) is 5.82 Å². The van der Waals surface area contributed by atoms with E-state index in [1.165, 1.54) is 11.1 Å². The molecule has 0 saturated heterocycles. The fourth-order valence-corrected chi connectivity index (χ4v) is 3.57. The lowest BCUT2D eigenvalue weighted by atomic mass is 9.86. The number of carbonyl (C=O) groups excluding carboxylic acids is 2. The van der Waals surface area contributed by atoms with Crippen molar-refractivity contribution in [3.63, 3.8) is 0 Å². The summed E-state index contributed by atoms with van der Waals surface area (Å²) >= 11 is 1.15. The molecule has 8 nitrogen and oxygen atoms in total. The van der Waals surface area contributed by atoms with Crippen molar-refractivity contribution in [2.45, 2.75) is 70.0 Å². The molecule has 0 aromatic carbocycles. The van der Waals surface area contributed by atoms with E-state index >= 15 is 0 Å². The first-order valence-electron chi connectivity index (χ1n) is 8.62. The fraction of sp³-hybridized carbons (Fsp3) is 0.750. The van der Waals surface area contributed by atoms with Crippen molar-refractivity contribution in [2.24, 2.45) is 5.92 Å². The number of nitrogens with two attached hydrogens (primary N) is 1. The van der Waals surface area contributed by atoms with E-state index < -0.39 is 6.03 Å². The monoisotopic (exact) mass is 368 g/mol. The van der Waals surface area contributed by atoms with Gasteiger partial charge >= 0.3 is 6.03 Å². The Labute approximate surface area is 152 Å². The Morgan fingerprint density at radius 3 is 2.56 bits per heavy atom. The van der Waals surface area contributed by atoms with E-state index in [0.717, 1.165) is 31.0 Å². The van der Waals surface area contributed by atoms with Crippen molar-refractivity contribution in [1.29, 1.82) is 0 Å². The van der Waals surface area contributed by atoms with Crippen molar-refractivity contribution >= 4 is 23.7 Å². The molecule has 9 heteroatoms. The molecule has 0 spiro atoms. The van der Waals surface area contributed by atoms with Gasteiger partial charge in [0.1, 0.15) is 0 Å². The van der Waals surface area contributed by atoms with Crippen molar-refractivity contribution in [2.75, 3.05) is 11.6 Å². The Morgan fingerprint density at radius 1 is 1.28 bits per heavy atom. The van der Waals surface area contributed by atoms with Gasteiger partial charge in [0, 0.05) is 11.5 Å². The minimum Gasteiger partial charge on any atom is -0.336 e. The molecule has 1 aromatic heterocycles. The normalized spacial score (nSPS) is 21.0. The lowest BCUT2D eigenvalue weighted by Crippen LogP contribution is -2.48. The first-order chi connectivity index (χ1) is 11.7. The van der Waals surface area contributed by atoms with E-state index in [-0.39, 0.29) is 23.1 Å². The first-order valence-corrected chi connectivity index (χ1v) is 9.61. The number of thioether (sulfide) groups is 1. The zero-order chi connectivity index (χ0) is 18.6. The minimum atomic E-state index is -0.436. The topological polar surface area (TPSA) is 115 Å². The number of nitrogens with one attached hydrogen (secondary N) is 2. The average molecular weight is 369 g/mol. The maximum atomic E-state index is 12.0. The summed E-state index contributed by atoms with van der Waals surface area (Å²) in [5.74, 6) is 6.72. The summed E-state index contributed by atoms with van der Waals surface area (Å²) < 4.78 is 1.39. The number of nitrogens with zero attached hydrogens (tertiary/aromatic N) is 3. The molecule has 140 valence electrons. The second-order valence-electron chi connectivity index (χ2n) is 7.60. The van der Waals surface area contributed by atoms with E-state index in [9.17, 15) is 9.59 Å². The lowest BCUT2D eigenvalue weighted by Gasteiger charge is -2.29. The number of hydrogen-bond acceptors (Lipinski definition) is 6. The highest BCUT2D eigenvalue weighted by Crippen LogP contribution is 2.24. The third kappa shape index (κ3) is 5.35. The zero-order valence-corrected chi connectivity index (χ0v) is 16.2. The van der Waals surface area contributed by atoms with Crippen LogP contribution in [0.2, 0.25) is 0 Å². The smallest absolute Gasteiger partial charge is 0.321 e. The molecule has 1 heterocycles. The van der Waals surface area contributed by atoms with E-state index in [1.807, 2.05) is 20.8 Å². The highest BCUT2D eigenvalue weighted by Gasteiger charge is 2.25. The molecule has 1 aromatic rings. The Hall–Kier alpha value is -1.77. The number of rotatable bonds is 4. The number of carbonyl (C=O) groups is 2. The summed E-state index contributed by atoms with van der Waals surface area (Å²) in [7, 11) is 0. The fourth-order valence-electron chi connectivity index (χ4n) is 2.91. The van der Waals surface area contributed by atoms with E-state index in [1.54, 1.807) is 0 Å². The molecule has 3 amide bonds. The third-order valence-corrected chi connectivity index (χ3v) is 5.29. The number of nitrogen functional groups attached to an aromatic ring is 1. The zero-order valence-electron chi connectivity index (χ0n) is 15.3. The van der Waals surface area contributed by atoms with Crippen molar-refractivity contribution < 1.29 is 9.59 Å². The quantitative estimate of drug-likeness (QED) is 0.551. The Kier molecular flexibility index (Phi) is 6.31. The minimum absolute atomic E-state index is 0.0487. The molecule has 1 aliphatic carbocycles. The van der Waals surface area contributed by atoms with Crippen LogP contribution >= 0.6 is 11.8 Å². The van der Waals surface area contributed by atoms with E-state index in [0.29, 0.717) is 16.9 Å². The molecular formula is C16H28N6O2S. The standard InChI is InChI=1S/C16H28N6O2S/c1-10-7-5-6-8-11(10)18-14(24)19-12(23)9-25-15-21-20-13(22(15)17)16(2,3)4/h10-11H,5-9,17H2,1-4H3,(H2,18,19,23,24). The maximum Gasteiger partial charge on any atom is 0.321 e. The van der Waals surface area contributed by atoms with E-state index in [4.69, 9.17) is 5.84 Å². The summed E-state index contributed by atoms with van der Waals surface area (Å²) in [6, 6.07) is -0.301. The number of amides is 3. The summed E-state index contributed by atoms with van der Waals surface area (Å²) in [5.41, 5.74) is -0.237. The molecule has 1 aliphatic rings. The predicted octanol–water partition coefficient (Wildman–Crippen LogP) is 1.79. The number of imide groups is 1. The van der Waals surface area contributed by atoms with E-state index in [2.05, 4.69) is 27.8 Å². The Bertz CT molecular complexity index is 625. The molecule has 0 bridgehead atoms. The van der Waals surface area contributed by atoms with Gasteiger partial charge in [0.25, 0.3) is 0 Å². The van der Waals surface area contributed by atoms with Gasteiger partial charge in [-0.1, -0.05) is 52.3 Å². The van der Waals surface area contributed by atoms with Crippen LogP contribution in [-0.2, 0) is 10.2 Å². The highest BCUT2D eigenvalue weighted by atomic mass is 32.2. The van der Waals surface area contributed by atoms with Crippen LogP contribution in [0.15, 0.2) is 5.16 Å². The van der Waals surface area contributed by atoms with Gasteiger partial charge in [0.05, 0.1) is 5.75 Å². The van der Waals surface area contributed by atoms with Gasteiger partial charge in [-0.15, -0.1) is 10.2 Å². The first kappa shape index (κ1) is 19.6. The van der Waals surface area contributed by atoms with Gasteiger partial charge in [-0.3, -0.25) is 10.1 Å². The van der Waals surface area contributed by atoms with Crippen LogP contribution in [0.25, 0.3) is 0 Å². The van der Waals surface area contributed by atoms with Crippen LogP contribution in [-0.4, -0.2) is 38.6 Å². The van der Waals surface area contributed by atoms with Crippen LogP contribution in [0.5, 0.6) is 0 Å². The molecule has 1 fully saturated rings. The summed E-state index contributed by atoms with van der Waals surface area (Å²) in [4.78, 5) is 23.9. The summed E-state index contributed by atoms with van der Waals surface area (Å²) in [6.07, 6.45) is 4.38. The van der Waals surface area contributed by atoms with Crippen LogP contribution < -0.4 is 16.5 Å². The van der Waals surface area contributed by atoms with Crippen molar-refractivity contribution in [3.8, 4) is 0 Å². The molecule has 0 aliphatic heterocycles. The molecule has 2 atom stereocenters. The molecule has 25 heavy (non-hydrogen) atoms. The lowest BCUT2D eigenvalue weighted by molar-refractivity contribution is -0.117. The molecule has 0 radical (unpaired) electrons. The summed E-state index contributed by atoms with van der Waals surface area (Å²) in [5, 5.41) is 13.8. The largest absolute Gasteiger partial charge is 0.336 e. The molecular weight excluding hydrogens is 340 g/mol. The van der Waals surface area contributed by atoms with Gasteiger partial charge < -0.3 is 11.2 Å². The number of hydrogen-bond donors (Lipinski definition) is 3. The second-order valence-corrected chi connectivity index (χ2v) is 8.55. The second kappa shape index (κ2) is 8.07. The predicted molar refractivity (Wildman–Crippen MR) is 97.7 cm³/mol. The number of aromatic nitrogens is 3. The van der Waals surface area contributed by atoms with Crippen molar-refractivity contribution in [3.05, 3.63) is 5.82 Å². The third-order valence-electron chi connectivity index (χ3n) is 4.35. The van der Waals surface area contributed by atoms with Crippen LogP contribution in [0.3, 0.4) is 0 Å². The highest BCUT2D eigenvalue weighted by molar-refractivity contribution is 7.99. The number of urea groups is 1. The SMILES string of the molecule is CC1CCCCC1NC(=O)NC(=O)CSc1nnc(C(C)(C)C)n1N. The van der Waals surface area contributed by atoms with Gasteiger partial charge in [-0.05, 0) is 18.8 Å². The molecule has 4 N–H and O–H groups in total. The van der Waals surface area contributed by atoms with Gasteiger partial charge in [-0.25, -0.2) is 9.47 Å². The Balaban J connectivity index is 1.81. The molecule has 2 unspecified atom stereocenters. The molecule has 2 rings (SSSR count).